The monoisotopic (exact) mass is 721 g/mol. The van der Waals surface area contributed by atoms with Crippen LogP contribution in [-0.2, 0) is 19.2 Å². The normalized spacial score (nSPS) is 29.2. The molecule has 6 atom stereocenters. The third kappa shape index (κ3) is 4.17. The van der Waals surface area contributed by atoms with Gasteiger partial charge in [0, 0.05) is 18.1 Å². The number of carbonyl (C=O) groups excluding carboxylic acids is 4. The summed E-state index contributed by atoms with van der Waals surface area (Å²) in [4.78, 5) is 61.9. The van der Waals surface area contributed by atoms with E-state index in [1.165, 1.54) is 42.5 Å². The summed E-state index contributed by atoms with van der Waals surface area (Å²) in [5, 5.41) is 21.4. The lowest BCUT2D eigenvalue weighted by Crippen LogP contribution is -2.60. The Morgan fingerprint density at radius 2 is 1.43 bits per heavy atom. The number of hydrogen-bond donors (Lipinski definition) is 1. The van der Waals surface area contributed by atoms with E-state index in [0.29, 0.717) is 0 Å². The standard InChI is InChI=1S/C32H18Cl2F5N3O7/c33-31-11-18-16(8-9-17-19(18)28(45)40(27(17)44)13-2-1-3-14(10-13)42(48)49)20(12-4-6-15(43)7-5-12)32(31,34)30(47)41(29(31)46)26-24(38)22(36)21(35)23(37)25(26)39/h1-8,10,17-20,43H,9,11H2/t17-,18+,19-,20-,31+,32-/m0/s1. The van der Waals surface area contributed by atoms with Gasteiger partial charge in [-0.2, -0.15) is 0 Å². The summed E-state index contributed by atoms with van der Waals surface area (Å²) >= 11 is 14.1. The topological polar surface area (TPSA) is 138 Å². The van der Waals surface area contributed by atoms with Crippen LogP contribution in [0.15, 0.2) is 60.2 Å². The van der Waals surface area contributed by atoms with Crippen molar-refractivity contribution in [2.75, 3.05) is 9.80 Å². The SMILES string of the molecule is O=C1[C@H]2[C@H](CC=C3[C@H]2C[C@@]2(Cl)C(=O)N(c4c(F)c(F)c(F)c(F)c4F)C(=O)[C@@]2(Cl)[C@H]3c2ccc(O)cc2)C(=O)N1c1cccc([N+](=O)[O-])c1. The average Bonchev–Trinajstić information content (AvgIpc) is 3.41. The molecule has 3 aromatic rings. The molecule has 4 amide bonds. The fourth-order valence-corrected chi connectivity index (χ4v) is 8.54. The van der Waals surface area contributed by atoms with E-state index in [2.05, 4.69) is 0 Å². The van der Waals surface area contributed by atoms with Crippen molar-refractivity contribution in [1.82, 2.24) is 0 Å². The molecule has 3 aromatic carbocycles. The van der Waals surface area contributed by atoms with Gasteiger partial charge in [0.1, 0.15) is 11.4 Å². The Morgan fingerprint density at radius 3 is 2.04 bits per heavy atom. The van der Waals surface area contributed by atoms with Crippen molar-refractivity contribution >= 4 is 63.9 Å². The van der Waals surface area contributed by atoms with Gasteiger partial charge >= 0.3 is 0 Å². The van der Waals surface area contributed by atoms with E-state index in [9.17, 15) is 47.6 Å². The summed E-state index contributed by atoms with van der Waals surface area (Å²) in [6.45, 7) is 0. The maximum absolute atomic E-state index is 15.1. The largest absolute Gasteiger partial charge is 0.508 e. The number of aromatic hydroxyl groups is 1. The van der Waals surface area contributed by atoms with Gasteiger partial charge in [-0.25, -0.2) is 31.8 Å². The molecule has 4 aliphatic rings. The minimum atomic E-state index is -2.71. The van der Waals surface area contributed by atoms with Crippen LogP contribution in [0, 0.1) is 57.0 Å². The van der Waals surface area contributed by atoms with Crippen LogP contribution in [-0.4, -0.2) is 43.4 Å². The Morgan fingerprint density at radius 1 is 0.816 bits per heavy atom. The molecule has 2 aliphatic carbocycles. The molecule has 17 heteroatoms. The zero-order valence-electron chi connectivity index (χ0n) is 24.3. The second-order valence-electron chi connectivity index (χ2n) is 12.1. The number of alkyl halides is 2. The third-order valence-electron chi connectivity index (χ3n) is 9.75. The second-order valence-corrected chi connectivity index (χ2v) is 13.3. The number of phenols is 1. The zero-order chi connectivity index (χ0) is 35.5. The molecule has 0 bridgehead atoms. The average molecular weight is 722 g/mol. The van der Waals surface area contributed by atoms with Crippen molar-refractivity contribution in [3.63, 3.8) is 0 Å². The maximum atomic E-state index is 15.1. The number of hydrogen-bond acceptors (Lipinski definition) is 7. The van der Waals surface area contributed by atoms with Crippen molar-refractivity contribution in [3.8, 4) is 5.75 Å². The van der Waals surface area contributed by atoms with Crippen LogP contribution in [0.25, 0.3) is 0 Å². The van der Waals surface area contributed by atoms with Crippen molar-refractivity contribution in [3.05, 3.63) is 105 Å². The van der Waals surface area contributed by atoms with Gasteiger partial charge in [-0.1, -0.05) is 29.8 Å². The molecule has 0 aromatic heterocycles. The number of allylic oxidation sites excluding steroid dienone is 2. The molecular weight excluding hydrogens is 704 g/mol. The summed E-state index contributed by atoms with van der Waals surface area (Å²) in [5.74, 6) is -22.5. The van der Waals surface area contributed by atoms with Crippen molar-refractivity contribution in [1.29, 1.82) is 0 Å². The predicted octanol–water partition coefficient (Wildman–Crippen LogP) is 5.76. The van der Waals surface area contributed by atoms with Crippen molar-refractivity contribution in [2.24, 2.45) is 17.8 Å². The van der Waals surface area contributed by atoms with Gasteiger partial charge in [-0.05, 0) is 42.5 Å². The van der Waals surface area contributed by atoms with Crippen molar-refractivity contribution in [2.45, 2.75) is 28.5 Å². The van der Waals surface area contributed by atoms with Crippen LogP contribution in [0.2, 0.25) is 0 Å². The van der Waals surface area contributed by atoms with Crippen LogP contribution in [0.3, 0.4) is 0 Å². The van der Waals surface area contributed by atoms with Gasteiger partial charge in [0.25, 0.3) is 17.5 Å². The Bertz CT molecular complexity index is 2070. The van der Waals surface area contributed by atoms with Crippen LogP contribution in [0.4, 0.5) is 39.0 Å². The van der Waals surface area contributed by atoms with Gasteiger partial charge in [0.15, 0.2) is 33.0 Å². The molecule has 2 aliphatic heterocycles. The fourth-order valence-electron chi connectivity index (χ4n) is 7.61. The minimum Gasteiger partial charge on any atom is -0.508 e. The first-order chi connectivity index (χ1) is 23.1. The number of carbonyl (C=O) groups is 4. The molecule has 1 saturated carbocycles. The maximum Gasteiger partial charge on any atom is 0.271 e. The molecule has 3 fully saturated rings. The van der Waals surface area contributed by atoms with Gasteiger partial charge in [0.05, 0.1) is 22.4 Å². The number of nitro benzene ring substituents is 1. The summed E-state index contributed by atoms with van der Waals surface area (Å²) in [7, 11) is 0. The number of rotatable bonds is 4. The zero-order valence-corrected chi connectivity index (χ0v) is 25.8. The van der Waals surface area contributed by atoms with Crippen LogP contribution < -0.4 is 9.80 Å². The Hall–Kier alpha value is -4.89. The lowest BCUT2D eigenvalue weighted by molar-refractivity contribution is -0.384. The number of nitro groups is 1. The quantitative estimate of drug-likeness (QED) is 0.0528. The summed E-state index contributed by atoms with van der Waals surface area (Å²) in [5.41, 5.74) is -2.10. The van der Waals surface area contributed by atoms with Crippen LogP contribution >= 0.6 is 23.2 Å². The smallest absolute Gasteiger partial charge is 0.271 e. The predicted molar refractivity (Wildman–Crippen MR) is 160 cm³/mol. The minimum absolute atomic E-state index is 0.108. The van der Waals surface area contributed by atoms with E-state index < -0.39 is 109 Å². The second kappa shape index (κ2) is 10.8. The first-order valence-electron chi connectivity index (χ1n) is 14.5. The van der Waals surface area contributed by atoms with E-state index in [4.69, 9.17) is 23.2 Å². The first-order valence-corrected chi connectivity index (χ1v) is 15.2. The number of anilines is 2. The molecule has 7 rings (SSSR count). The molecule has 0 spiro atoms. The van der Waals surface area contributed by atoms with Gasteiger partial charge in [0.2, 0.25) is 17.6 Å². The molecular formula is C32H18Cl2F5N3O7. The highest BCUT2D eigenvalue weighted by atomic mass is 35.5. The summed E-state index contributed by atoms with van der Waals surface area (Å²) in [6, 6.07) is 9.74. The lowest BCUT2D eigenvalue weighted by Gasteiger charge is -2.50. The van der Waals surface area contributed by atoms with E-state index >= 15 is 8.78 Å². The van der Waals surface area contributed by atoms with Gasteiger partial charge in [-0.15, -0.1) is 23.2 Å². The highest BCUT2D eigenvalue weighted by molar-refractivity contribution is 6.58. The molecule has 49 heavy (non-hydrogen) atoms. The molecule has 252 valence electrons. The lowest BCUT2D eigenvalue weighted by atomic mass is 9.56. The molecule has 2 saturated heterocycles. The molecule has 2 heterocycles. The highest BCUT2D eigenvalue weighted by Crippen LogP contribution is 2.66. The van der Waals surface area contributed by atoms with Gasteiger partial charge in [-0.3, -0.25) is 29.3 Å². The number of amides is 4. The van der Waals surface area contributed by atoms with Crippen LogP contribution in [0.1, 0.15) is 24.3 Å². The highest BCUT2D eigenvalue weighted by Gasteiger charge is 2.77. The Kier molecular flexibility index (Phi) is 7.20. The van der Waals surface area contributed by atoms with Crippen molar-refractivity contribution < 1.29 is 51.2 Å². The van der Waals surface area contributed by atoms with E-state index in [0.717, 1.165) is 17.0 Å². The number of imide groups is 2. The molecule has 0 radical (unpaired) electrons. The van der Waals surface area contributed by atoms with E-state index in [1.807, 2.05) is 0 Å². The fraction of sp³-hybridized carbons (Fsp3) is 0.250. The Balaban J connectivity index is 1.41. The number of halogens is 7. The van der Waals surface area contributed by atoms with Crippen LogP contribution in [0.5, 0.6) is 5.75 Å². The summed E-state index contributed by atoms with van der Waals surface area (Å²) < 4.78 is 72.9. The number of fused-ring (bicyclic) bond motifs is 4. The summed E-state index contributed by atoms with van der Waals surface area (Å²) in [6.07, 6.45) is 0.676. The molecule has 0 unspecified atom stereocenters. The number of benzene rings is 3. The first kappa shape index (κ1) is 32.6. The Labute approximate surface area is 281 Å². The third-order valence-corrected chi connectivity index (χ3v) is 11.2. The number of non-ortho nitro benzene ring substituents is 1. The van der Waals surface area contributed by atoms with E-state index in [-0.39, 0.29) is 33.9 Å². The van der Waals surface area contributed by atoms with Gasteiger partial charge < -0.3 is 5.11 Å². The number of nitrogens with zero attached hydrogens (tertiary/aromatic N) is 3. The number of phenolic OH excluding ortho intramolecular Hbond substituents is 1. The molecule has 10 nitrogen and oxygen atoms in total. The van der Waals surface area contributed by atoms with E-state index in [1.54, 1.807) is 0 Å². The molecule has 1 N–H and O–H groups in total.